The fraction of sp³-hybridized carbons (Fsp3) is 0.667. The molecular formula is C12H18O4. The van der Waals surface area contributed by atoms with E-state index in [0.29, 0.717) is 12.3 Å². The van der Waals surface area contributed by atoms with Crippen molar-refractivity contribution in [2.24, 2.45) is 5.92 Å². The summed E-state index contributed by atoms with van der Waals surface area (Å²) in [6, 6.07) is 0. The van der Waals surface area contributed by atoms with E-state index in [-0.39, 0.29) is 5.57 Å². The number of rotatable bonds is 4. The van der Waals surface area contributed by atoms with Crippen molar-refractivity contribution >= 4 is 11.9 Å². The van der Waals surface area contributed by atoms with E-state index in [1.165, 1.54) is 12.8 Å². The van der Waals surface area contributed by atoms with Crippen LogP contribution in [0.4, 0.5) is 0 Å². The second kappa shape index (κ2) is 6.30. The molecule has 0 unspecified atom stereocenters. The van der Waals surface area contributed by atoms with Gasteiger partial charge in [-0.1, -0.05) is 38.5 Å². The highest BCUT2D eigenvalue weighted by atomic mass is 16.4. The van der Waals surface area contributed by atoms with Gasteiger partial charge in [0.25, 0.3) is 0 Å². The highest BCUT2D eigenvalue weighted by molar-refractivity contribution is 5.94. The lowest BCUT2D eigenvalue weighted by atomic mass is 9.92. The lowest BCUT2D eigenvalue weighted by Gasteiger charge is -2.13. The average molecular weight is 226 g/mol. The first kappa shape index (κ1) is 12.7. The number of carboxylic acids is 2. The third-order valence-electron chi connectivity index (χ3n) is 3.06. The molecule has 0 aromatic heterocycles. The Labute approximate surface area is 95.0 Å². The van der Waals surface area contributed by atoms with Crippen molar-refractivity contribution in [2.75, 3.05) is 0 Å². The van der Waals surface area contributed by atoms with E-state index in [1.54, 1.807) is 0 Å². The van der Waals surface area contributed by atoms with Crippen LogP contribution in [0.1, 0.15) is 44.9 Å². The van der Waals surface area contributed by atoms with E-state index in [1.807, 2.05) is 0 Å². The molecule has 0 heterocycles. The van der Waals surface area contributed by atoms with Gasteiger partial charge in [-0.25, -0.2) is 9.59 Å². The lowest BCUT2D eigenvalue weighted by molar-refractivity contribution is -0.135. The Morgan fingerprint density at radius 3 is 2.06 bits per heavy atom. The Morgan fingerprint density at radius 1 is 1.06 bits per heavy atom. The first-order valence-corrected chi connectivity index (χ1v) is 5.76. The highest BCUT2D eigenvalue weighted by Gasteiger charge is 2.18. The standard InChI is InChI=1S/C12H18O4/c13-11(14)8-10(12(15)16)7-9-5-3-1-2-4-6-9/h8-9H,1-7H2,(H,13,14)(H,15,16). The predicted molar refractivity (Wildman–Crippen MR) is 59.2 cm³/mol. The molecule has 16 heavy (non-hydrogen) atoms. The molecule has 4 heteroatoms. The molecule has 1 fully saturated rings. The molecule has 90 valence electrons. The van der Waals surface area contributed by atoms with Crippen LogP contribution in [0.3, 0.4) is 0 Å². The summed E-state index contributed by atoms with van der Waals surface area (Å²) in [6.45, 7) is 0. The fourth-order valence-electron chi connectivity index (χ4n) is 2.24. The quantitative estimate of drug-likeness (QED) is 0.570. The number of aliphatic carboxylic acids is 2. The van der Waals surface area contributed by atoms with Crippen LogP contribution in [0.2, 0.25) is 0 Å². The van der Waals surface area contributed by atoms with E-state index in [0.717, 1.165) is 31.8 Å². The van der Waals surface area contributed by atoms with Crippen LogP contribution in [-0.2, 0) is 9.59 Å². The SMILES string of the molecule is O=C(O)C=C(CC1CCCCCC1)C(=O)O. The molecule has 0 bridgehead atoms. The van der Waals surface area contributed by atoms with Gasteiger partial charge in [0.05, 0.1) is 0 Å². The molecule has 0 atom stereocenters. The van der Waals surface area contributed by atoms with Gasteiger partial charge in [-0.05, 0) is 12.3 Å². The summed E-state index contributed by atoms with van der Waals surface area (Å²) in [7, 11) is 0. The molecule has 1 aliphatic carbocycles. The van der Waals surface area contributed by atoms with Crippen LogP contribution >= 0.6 is 0 Å². The minimum absolute atomic E-state index is 0.0272. The van der Waals surface area contributed by atoms with Crippen molar-refractivity contribution in [3.8, 4) is 0 Å². The molecular weight excluding hydrogens is 208 g/mol. The second-order valence-corrected chi connectivity index (χ2v) is 4.37. The van der Waals surface area contributed by atoms with Crippen molar-refractivity contribution < 1.29 is 19.8 Å². The van der Waals surface area contributed by atoms with Crippen molar-refractivity contribution in [2.45, 2.75) is 44.9 Å². The van der Waals surface area contributed by atoms with Crippen molar-refractivity contribution in [3.63, 3.8) is 0 Å². The number of carboxylic acid groups (broad SMARTS) is 2. The number of carbonyl (C=O) groups is 2. The molecule has 0 amide bonds. The summed E-state index contributed by atoms with van der Waals surface area (Å²) in [5, 5.41) is 17.5. The molecule has 1 saturated carbocycles. The van der Waals surface area contributed by atoms with Crippen LogP contribution in [0, 0.1) is 5.92 Å². The largest absolute Gasteiger partial charge is 0.478 e. The van der Waals surface area contributed by atoms with Crippen molar-refractivity contribution in [1.29, 1.82) is 0 Å². The average Bonchev–Trinajstić information content (AvgIpc) is 2.44. The van der Waals surface area contributed by atoms with E-state index >= 15 is 0 Å². The highest BCUT2D eigenvalue weighted by Crippen LogP contribution is 2.28. The smallest absolute Gasteiger partial charge is 0.331 e. The maximum atomic E-state index is 10.9. The second-order valence-electron chi connectivity index (χ2n) is 4.37. The summed E-state index contributed by atoms with van der Waals surface area (Å²) in [4.78, 5) is 21.3. The molecule has 1 rings (SSSR count). The summed E-state index contributed by atoms with van der Waals surface area (Å²) in [5.74, 6) is -1.94. The van der Waals surface area contributed by atoms with Gasteiger partial charge in [-0.3, -0.25) is 0 Å². The van der Waals surface area contributed by atoms with Crippen LogP contribution in [0.5, 0.6) is 0 Å². The van der Waals surface area contributed by atoms with Gasteiger partial charge in [0.2, 0.25) is 0 Å². The normalized spacial score (nSPS) is 19.1. The monoisotopic (exact) mass is 226 g/mol. The number of hydrogen-bond donors (Lipinski definition) is 2. The summed E-state index contributed by atoms with van der Waals surface area (Å²) >= 11 is 0. The Morgan fingerprint density at radius 2 is 1.62 bits per heavy atom. The molecule has 0 radical (unpaired) electrons. The Hall–Kier alpha value is -1.32. The third kappa shape index (κ3) is 4.47. The van der Waals surface area contributed by atoms with Crippen molar-refractivity contribution in [3.05, 3.63) is 11.6 Å². The van der Waals surface area contributed by atoms with Gasteiger partial charge in [0.15, 0.2) is 0 Å². The topological polar surface area (TPSA) is 74.6 Å². The molecule has 0 spiro atoms. The van der Waals surface area contributed by atoms with E-state index in [4.69, 9.17) is 10.2 Å². The minimum atomic E-state index is -1.17. The minimum Gasteiger partial charge on any atom is -0.478 e. The zero-order valence-corrected chi connectivity index (χ0v) is 9.32. The van der Waals surface area contributed by atoms with E-state index in [9.17, 15) is 9.59 Å². The fourth-order valence-corrected chi connectivity index (χ4v) is 2.24. The Kier molecular flexibility index (Phi) is 5.02. The van der Waals surface area contributed by atoms with Gasteiger partial charge >= 0.3 is 11.9 Å². The summed E-state index contributed by atoms with van der Waals surface area (Å²) in [5.41, 5.74) is 0.0272. The van der Waals surface area contributed by atoms with Gasteiger partial charge in [0.1, 0.15) is 0 Å². The van der Waals surface area contributed by atoms with Gasteiger partial charge < -0.3 is 10.2 Å². The first-order chi connectivity index (χ1) is 7.59. The molecule has 1 aliphatic rings. The summed E-state index contributed by atoms with van der Waals surface area (Å²) < 4.78 is 0. The Bertz CT molecular complexity index is 285. The van der Waals surface area contributed by atoms with Crippen LogP contribution in [0.15, 0.2) is 11.6 Å². The Balaban J connectivity index is 2.60. The van der Waals surface area contributed by atoms with Crippen LogP contribution < -0.4 is 0 Å². The first-order valence-electron chi connectivity index (χ1n) is 5.76. The molecule has 2 N–H and O–H groups in total. The van der Waals surface area contributed by atoms with Gasteiger partial charge in [0, 0.05) is 11.6 Å². The zero-order chi connectivity index (χ0) is 12.0. The maximum absolute atomic E-state index is 10.9. The van der Waals surface area contributed by atoms with Crippen LogP contribution in [-0.4, -0.2) is 22.2 Å². The maximum Gasteiger partial charge on any atom is 0.331 e. The zero-order valence-electron chi connectivity index (χ0n) is 9.32. The summed E-state index contributed by atoms with van der Waals surface area (Å²) in [6.07, 6.45) is 7.93. The van der Waals surface area contributed by atoms with Gasteiger partial charge in [-0.2, -0.15) is 0 Å². The molecule has 4 nitrogen and oxygen atoms in total. The number of hydrogen-bond acceptors (Lipinski definition) is 2. The third-order valence-corrected chi connectivity index (χ3v) is 3.06. The molecule has 0 aromatic rings. The van der Waals surface area contributed by atoms with Crippen LogP contribution in [0.25, 0.3) is 0 Å². The predicted octanol–water partition coefficient (Wildman–Crippen LogP) is 2.44. The molecule has 0 aliphatic heterocycles. The molecule has 0 aromatic carbocycles. The van der Waals surface area contributed by atoms with Crippen molar-refractivity contribution in [1.82, 2.24) is 0 Å². The van der Waals surface area contributed by atoms with Gasteiger partial charge in [-0.15, -0.1) is 0 Å². The lowest BCUT2D eigenvalue weighted by Crippen LogP contribution is -2.09. The molecule has 0 saturated heterocycles. The van der Waals surface area contributed by atoms with E-state index in [2.05, 4.69) is 0 Å². The van der Waals surface area contributed by atoms with E-state index < -0.39 is 11.9 Å².